The van der Waals surface area contributed by atoms with Crippen molar-refractivity contribution in [2.75, 3.05) is 13.2 Å². The minimum absolute atomic E-state index is 0.0269. The molecule has 3 rings (SSSR count). The Bertz CT molecular complexity index is 1300. The van der Waals surface area contributed by atoms with Gasteiger partial charge in [0.2, 0.25) is 11.5 Å². The third-order valence-corrected chi connectivity index (χ3v) is 7.02. The lowest BCUT2D eigenvalue weighted by Crippen LogP contribution is -2.08. The van der Waals surface area contributed by atoms with Crippen LogP contribution in [0.25, 0.3) is 0 Å². The molecule has 10 heteroatoms. The van der Waals surface area contributed by atoms with E-state index in [1.807, 2.05) is 0 Å². The summed E-state index contributed by atoms with van der Waals surface area (Å²) in [7, 11) is 0. The van der Waals surface area contributed by atoms with Gasteiger partial charge in [0.1, 0.15) is 34.8 Å². The van der Waals surface area contributed by atoms with Gasteiger partial charge in [0, 0.05) is 20.1 Å². The molecule has 0 aliphatic heterocycles. The van der Waals surface area contributed by atoms with Crippen LogP contribution in [0.15, 0.2) is 36.4 Å². The second-order valence-electron chi connectivity index (χ2n) is 9.52. The summed E-state index contributed by atoms with van der Waals surface area (Å²) in [5, 5.41) is 21.9. The molecule has 0 aliphatic carbocycles. The van der Waals surface area contributed by atoms with Crippen LogP contribution in [0.2, 0.25) is 20.1 Å². The first kappa shape index (κ1) is 33.5. The molecule has 42 heavy (non-hydrogen) atoms. The van der Waals surface area contributed by atoms with E-state index in [0.717, 1.165) is 51.4 Å². The lowest BCUT2D eigenvalue weighted by atomic mass is 10.0. The molecule has 6 nitrogen and oxygen atoms in total. The number of nitriles is 2. The highest BCUT2D eigenvalue weighted by Gasteiger charge is 2.31. The molecule has 0 spiro atoms. The first-order valence-corrected chi connectivity index (χ1v) is 15.4. The van der Waals surface area contributed by atoms with Crippen molar-refractivity contribution >= 4 is 46.4 Å². The van der Waals surface area contributed by atoms with Crippen molar-refractivity contribution in [3.63, 3.8) is 0 Å². The predicted octanol–water partition coefficient (Wildman–Crippen LogP) is 11.5. The zero-order valence-corrected chi connectivity index (χ0v) is 26.6. The number of nitrogens with zero attached hydrogens (tertiary/aromatic N) is 2. The molecule has 222 valence electrons. The molecule has 0 bridgehead atoms. The molecule has 0 aromatic heterocycles. The molecule has 0 atom stereocenters. The molecule has 3 aromatic rings. The van der Waals surface area contributed by atoms with Crippen molar-refractivity contribution in [2.24, 2.45) is 0 Å². The van der Waals surface area contributed by atoms with Crippen LogP contribution in [0.4, 0.5) is 0 Å². The van der Waals surface area contributed by atoms with E-state index in [1.54, 1.807) is 36.4 Å². The maximum atomic E-state index is 10.3. The average Bonchev–Trinajstić information content (AvgIpc) is 2.93. The van der Waals surface area contributed by atoms with Gasteiger partial charge in [-0.15, -0.1) is 0 Å². The zero-order chi connectivity index (χ0) is 30.5. The van der Waals surface area contributed by atoms with Gasteiger partial charge < -0.3 is 18.9 Å². The van der Waals surface area contributed by atoms with Gasteiger partial charge in [-0.1, -0.05) is 98.8 Å². The Labute approximate surface area is 267 Å². The van der Waals surface area contributed by atoms with Gasteiger partial charge >= 0.3 is 0 Å². The lowest BCUT2D eigenvalue weighted by molar-refractivity contribution is 0.270. The third kappa shape index (κ3) is 9.51. The van der Waals surface area contributed by atoms with Crippen LogP contribution in [0, 0.1) is 22.7 Å². The molecular formula is C32H32Cl4N2O4. The Morgan fingerprint density at radius 2 is 0.881 bits per heavy atom. The van der Waals surface area contributed by atoms with Gasteiger partial charge in [0.25, 0.3) is 0 Å². The van der Waals surface area contributed by atoms with E-state index < -0.39 is 0 Å². The van der Waals surface area contributed by atoms with E-state index in [0.29, 0.717) is 20.1 Å². The molecule has 0 amide bonds. The fraction of sp³-hybridized carbons (Fsp3) is 0.375. The minimum Gasteiger partial charge on any atom is -0.488 e. The number of ether oxygens (including phenoxy) is 4. The normalized spacial score (nSPS) is 10.6. The largest absolute Gasteiger partial charge is 0.488 e. The Hall–Kier alpha value is -3.00. The highest BCUT2D eigenvalue weighted by Crippen LogP contribution is 2.53. The first-order valence-electron chi connectivity index (χ1n) is 13.9. The molecule has 0 fully saturated rings. The predicted molar refractivity (Wildman–Crippen MR) is 168 cm³/mol. The number of unbranched alkanes of at least 4 members (excludes halogenated alkanes) is 6. The van der Waals surface area contributed by atoms with Crippen LogP contribution >= 0.6 is 46.4 Å². The molecule has 0 saturated carbocycles. The van der Waals surface area contributed by atoms with Gasteiger partial charge in [0.05, 0.1) is 13.2 Å². The Morgan fingerprint density at radius 3 is 1.19 bits per heavy atom. The molecule has 0 unspecified atom stereocenters. The fourth-order valence-corrected chi connectivity index (χ4v) is 5.16. The average molecular weight is 650 g/mol. The SMILES string of the molecule is CCCCCCOc1c(C#N)c(C#N)c(OCCCCCC)c(Oc2cc(Cl)cc(Cl)c2)c1Oc1cc(Cl)cc(Cl)c1. The second kappa shape index (κ2) is 17.2. The van der Waals surface area contributed by atoms with E-state index in [-0.39, 0.29) is 58.8 Å². The van der Waals surface area contributed by atoms with Gasteiger partial charge in [-0.05, 0) is 49.2 Å². The van der Waals surface area contributed by atoms with Crippen LogP contribution < -0.4 is 18.9 Å². The highest BCUT2D eigenvalue weighted by molar-refractivity contribution is 6.35. The van der Waals surface area contributed by atoms with Crippen molar-refractivity contribution in [2.45, 2.75) is 65.2 Å². The van der Waals surface area contributed by atoms with Crippen molar-refractivity contribution in [3.05, 3.63) is 67.6 Å². The van der Waals surface area contributed by atoms with Crippen molar-refractivity contribution in [1.29, 1.82) is 10.5 Å². The summed E-state index contributed by atoms with van der Waals surface area (Å²) in [5.41, 5.74) is -0.0627. The monoisotopic (exact) mass is 648 g/mol. The number of hydrogen-bond donors (Lipinski definition) is 0. The number of rotatable bonds is 16. The summed E-state index contributed by atoms with van der Waals surface area (Å²) in [4.78, 5) is 0. The summed E-state index contributed by atoms with van der Waals surface area (Å²) in [6.07, 6.45) is 7.53. The van der Waals surface area contributed by atoms with Crippen LogP contribution in [0.1, 0.15) is 76.3 Å². The van der Waals surface area contributed by atoms with E-state index in [4.69, 9.17) is 65.4 Å². The molecule has 0 saturated heterocycles. The number of benzene rings is 3. The Kier molecular flexibility index (Phi) is 13.7. The van der Waals surface area contributed by atoms with E-state index in [9.17, 15) is 10.5 Å². The summed E-state index contributed by atoms with van der Waals surface area (Å²) < 4.78 is 25.0. The first-order chi connectivity index (χ1) is 20.3. The molecule has 0 N–H and O–H groups in total. The summed E-state index contributed by atoms with van der Waals surface area (Å²) in [5.74, 6) is 0.670. The maximum absolute atomic E-state index is 10.3. The summed E-state index contributed by atoms with van der Waals surface area (Å²) in [6.45, 7) is 4.79. The molecule has 0 radical (unpaired) electrons. The molecule has 0 heterocycles. The smallest absolute Gasteiger partial charge is 0.217 e. The van der Waals surface area contributed by atoms with E-state index >= 15 is 0 Å². The molecule has 3 aromatic carbocycles. The van der Waals surface area contributed by atoms with Crippen LogP contribution in [-0.4, -0.2) is 13.2 Å². The summed E-state index contributed by atoms with van der Waals surface area (Å²) >= 11 is 25.1. The fourth-order valence-electron chi connectivity index (χ4n) is 4.15. The Morgan fingerprint density at radius 1 is 0.524 bits per heavy atom. The van der Waals surface area contributed by atoms with Gasteiger partial charge in [-0.2, -0.15) is 10.5 Å². The second-order valence-corrected chi connectivity index (χ2v) is 11.3. The Balaban J connectivity index is 2.25. The minimum atomic E-state index is -0.0313. The molecule has 0 aliphatic rings. The van der Waals surface area contributed by atoms with E-state index in [1.165, 1.54) is 0 Å². The van der Waals surface area contributed by atoms with Gasteiger partial charge in [-0.3, -0.25) is 0 Å². The van der Waals surface area contributed by atoms with E-state index in [2.05, 4.69) is 26.0 Å². The number of hydrogen-bond acceptors (Lipinski definition) is 6. The van der Waals surface area contributed by atoms with Crippen LogP contribution in [0.5, 0.6) is 34.5 Å². The van der Waals surface area contributed by atoms with Crippen molar-refractivity contribution in [1.82, 2.24) is 0 Å². The quantitative estimate of drug-likeness (QED) is 0.143. The number of halogens is 4. The van der Waals surface area contributed by atoms with Crippen molar-refractivity contribution < 1.29 is 18.9 Å². The van der Waals surface area contributed by atoms with Gasteiger partial charge in [-0.25, -0.2) is 0 Å². The topological polar surface area (TPSA) is 84.5 Å². The standard InChI is InChI=1S/C32H32Cl4N2O4/c1-3-5-7-9-11-39-29-27(19-37)28(20-38)30(40-12-10-8-6-4-2)32(42-26-17-23(35)14-24(36)18-26)31(29)41-25-15-21(33)13-22(34)16-25/h13-18H,3-12H2,1-2H3. The van der Waals surface area contributed by atoms with Gasteiger partial charge in [0.15, 0.2) is 11.5 Å². The summed E-state index contributed by atoms with van der Waals surface area (Å²) in [6, 6.07) is 13.6. The maximum Gasteiger partial charge on any atom is 0.217 e. The lowest BCUT2D eigenvalue weighted by Gasteiger charge is -2.22. The van der Waals surface area contributed by atoms with Crippen molar-refractivity contribution in [3.8, 4) is 46.6 Å². The molecular weight excluding hydrogens is 618 g/mol. The van der Waals surface area contributed by atoms with Crippen LogP contribution in [0.3, 0.4) is 0 Å². The van der Waals surface area contributed by atoms with Crippen LogP contribution in [-0.2, 0) is 0 Å². The third-order valence-electron chi connectivity index (χ3n) is 6.15. The zero-order valence-electron chi connectivity index (χ0n) is 23.6. The highest BCUT2D eigenvalue weighted by atomic mass is 35.5.